The van der Waals surface area contributed by atoms with Crippen LogP contribution in [0.25, 0.3) is 11.4 Å². The van der Waals surface area contributed by atoms with Crippen LogP contribution < -0.4 is 0 Å². The van der Waals surface area contributed by atoms with Gasteiger partial charge < -0.3 is 19.7 Å². The zero-order chi connectivity index (χ0) is 22.8. The maximum Gasteiger partial charge on any atom is 0.136 e. The molecule has 0 bridgehead atoms. The maximum atomic E-state index is 10.9. The monoisotopic (exact) mass is 497 g/mol. The lowest BCUT2D eigenvalue weighted by Crippen LogP contribution is -2.55. The first-order valence-corrected chi connectivity index (χ1v) is 11.3. The van der Waals surface area contributed by atoms with Crippen LogP contribution in [0.5, 0.6) is 0 Å². The first-order chi connectivity index (χ1) is 15.4. The highest BCUT2D eigenvalue weighted by molar-refractivity contribution is 7.99. The van der Waals surface area contributed by atoms with Gasteiger partial charge in [-0.15, -0.1) is 5.10 Å². The molecule has 4 heterocycles. The second-order valence-electron chi connectivity index (χ2n) is 7.21. The molecule has 0 amide bonds. The second-order valence-corrected chi connectivity index (χ2v) is 9.23. The van der Waals surface area contributed by atoms with E-state index in [1.54, 1.807) is 37.5 Å². The molecule has 5 atom stereocenters. The Bertz CT molecular complexity index is 1090. The van der Waals surface area contributed by atoms with Gasteiger partial charge in [0, 0.05) is 24.4 Å². The number of aliphatic hydroxyl groups is 2. The van der Waals surface area contributed by atoms with Crippen LogP contribution in [0.4, 0.5) is 0 Å². The van der Waals surface area contributed by atoms with Gasteiger partial charge in [-0.3, -0.25) is 4.98 Å². The third-order valence-corrected chi connectivity index (χ3v) is 6.84. The number of rotatable bonds is 6. The number of thioether (sulfide) groups is 1. The second kappa shape index (κ2) is 10.0. The lowest BCUT2D eigenvalue weighted by atomic mass is 9.97. The Balaban J connectivity index is 1.66. The first-order valence-electron chi connectivity index (χ1n) is 9.71. The smallest absolute Gasteiger partial charge is 0.136 e. The number of nitrogens with zero attached hydrogens (tertiary/aromatic N) is 5. The zero-order valence-electron chi connectivity index (χ0n) is 17.2. The lowest BCUT2D eigenvalue weighted by Gasteiger charge is -2.43. The van der Waals surface area contributed by atoms with Crippen LogP contribution in [0.2, 0.25) is 10.0 Å². The standard InChI is InChI=1S/C20H21Cl2N5O4S/c1-10-13(22)3-4-14(24-10)15-8-27(26-25-15)17-18(29)16(9-28)31-20(19(17)30-2)32-12-5-11(21)6-23-7-12/h3-8,16-20,28-29H,9H2,1-2H3/t16?,17-,18-,19?,20+/m0/s1. The lowest BCUT2D eigenvalue weighted by molar-refractivity contribution is -0.186. The van der Waals surface area contributed by atoms with E-state index in [1.807, 2.05) is 0 Å². The molecule has 170 valence electrons. The van der Waals surface area contributed by atoms with Gasteiger partial charge in [0.05, 0.1) is 34.2 Å². The van der Waals surface area contributed by atoms with Crippen LogP contribution in [-0.2, 0) is 9.47 Å². The molecule has 1 fully saturated rings. The summed E-state index contributed by atoms with van der Waals surface area (Å²) < 4.78 is 13.2. The molecular formula is C20H21Cl2N5O4S. The average molecular weight is 498 g/mol. The Morgan fingerprint density at radius 3 is 2.75 bits per heavy atom. The molecule has 4 rings (SSSR count). The summed E-state index contributed by atoms with van der Waals surface area (Å²) >= 11 is 13.5. The van der Waals surface area contributed by atoms with E-state index >= 15 is 0 Å². The number of aliphatic hydroxyl groups excluding tert-OH is 2. The summed E-state index contributed by atoms with van der Waals surface area (Å²) in [6, 6.07) is 4.57. The Kier molecular flexibility index (Phi) is 7.30. The van der Waals surface area contributed by atoms with Crippen LogP contribution in [-0.4, -0.2) is 72.6 Å². The largest absolute Gasteiger partial charge is 0.394 e. The quantitative estimate of drug-likeness (QED) is 0.529. The van der Waals surface area contributed by atoms with E-state index in [-0.39, 0.29) is 6.61 Å². The Labute approximate surface area is 198 Å². The molecule has 1 aliphatic heterocycles. The van der Waals surface area contributed by atoms with E-state index in [9.17, 15) is 10.2 Å². The van der Waals surface area contributed by atoms with Crippen molar-refractivity contribution in [1.82, 2.24) is 25.0 Å². The Hall–Kier alpha value is -1.79. The molecular weight excluding hydrogens is 477 g/mol. The maximum absolute atomic E-state index is 10.9. The molecule has 3 aromatic rings. The number of hydrogen-bond donors (Lipinski definition) is 2. The van der Waals surface area contributed by atoms with Gasteiger partial charge in [-0.25, -0.2) is 9.67 Å². The number of ether oxygens (including phenoxy) is 2. The third kappa shape index (κ3) is 4.76. The minimum Gasteiger partial charge on any atom is -0.394 e. The molecule has 2 N–H and O–H groups in total. The van der Waals surface area contributed by atoms with Crippen molar-refractivity contribution >= 4 is 35.0 Å². The van der Waals surface area contributed by atoms with Crippen molar-refractivity contribution in [1.29, 1.82) is 0 Å². The molecule has 0 aromatic carbocycles. The number of aromatic nitrogens is 5. The van der Waals surface area contributed by atoms with E-state index in [2.05, 4.69) is 20.3 Å². The van der Waals surface area contributed by atoms with Crippen molar-refractivity contribution in [3.05, 3.63) is 52.5 Å². The fraction of sp³-hybridized carbons (Fsp3) is 0.400. The molecule has 9 nitrogen and oxygen atoms in total. The van der Waals surface area contributed by atoms with Crippen molar-refractivity contribution in [2.24, 2.45) is 0 Å². The van der Waals surface area contributed by atoms with Gasteiger partial charge in [0.1, 0.15) is 35.5 Å². The van der Waals surface area contributed by atoms with Gasteiger partial charge in [-0.2, -0.15) is 0 Å². The van der Waals surface area contributed by atoms with Gasteiger partial charge >= 0.3 is 0 Å². The molecule has 0 spiro atoms. The number of halogens is 2. The predicted octanol–water partition coefficient (Wildman–Crippen LogP) is 2.78. The first kappa shape index (κ1) is 23.4. The highest BCUT2D eigenvalue weighted by Gasteiger charge is 2.47. The number of pyridine rings is 2. The molecule has 1 saturated heterocycles. The van der Waals surface area contributed by atoms with Crippen molar-refractivity contribution in [3.8, 4) is 11.4 Å². The minimum absolute atomic E-state index is 0.377. The molecule has 0 aliphatic carbocycles. The van der Waals surface area contributed by atoms with Gasteiger partial charge in [-0.05, 0) is 25.1 Å². The van der Waals surface area contributed by atoms with E-state index in [0.717, 1.165) is 4.90 Å². The van der Waals surface area contributed by atoms with E-state index < -0.39 is 29.8 Å². The molecule has 12 heteroatoms. The van der Waals surface area contributed by atoms with Crippen LogP contribution >= 0.6 is 35.0 Å². The average Bonchev–Trinajstić information content (AvgIpc) is 3.26. The highest BCUT2D eigenvalue weighted by Crippen LogP contribution is 2.39. The van der Waals surface area contributed by atoms with Crippen molar-refractivity contribution < 1.29 is 19.7 Å². The predicted molar refractivity (Wildman–Crippen MR) is 120 cm³/mol. The summed E-state index contributed by atoms with van der Waals surface area (Å²) in [5.74, 6) is 0. The molecule has 0 saturated carbocycles. The van der Waals surface area contributed by atoms with E-state index in [4.69, 9.17) is 32.7 Å². The molecule has 1 aliphatic rings. The van der Waals surface area contributed by atoms with Crippen molar-refractivity contribution in [2.45, 2.75) is 41.6 Å². The summed E-state index contributed by atoms with van der Waals surface area (Å²) in [5.41, 5.74) is 1.21. The van der Waals surface area contributed by atoms with Crippen LogP contribution in [0.3, 0.4) is 0 Å². The molecule has 2 unspecified atom stereocenters. The van der Waals surface area contributed by atoms with Gasteiger partial charge in [0.2, 0.25) is 0 Å². The normalized spacial score (nSPS) is 25.8. The number of methoxy groups -OCH3 is 1. The minimum atomic E-state index is -1.09. The van der Waals surface area contributed by atoms with Gasteiger partial charge in [0.15, 0.2) is 0 Å². The summed E-state index contributed by atoms with van der Waals surface area (Å²) in [5, 5.41) is 30.2. The van der Waals surface area contributed by atoms with Crippen molar-refractivity contribution in [3.63, 3.8) is 0 Å². The zero-order valence-corrected chi connectivity index (χ0v) is 19.5. The summed E-state index contributed by atoms with van der Waals surface area (Å²) in [4.78, 5) is 9.29. The summed E-state index contributed by atoms with van der Waals surface area (Å²) in [7, 11) is 1.53. The third-order valence-electron chi connectivity index (χ3n) is 5.13. The topological polar surface area (TPSA) is 115 Å². The fourth-order valence-electron chi connectivity index (χ4n) is 3.53. The highest BCUT2D eigenvalue weighted by atomic mass is 35.5. The van der Waals surface area contributed by atoms with E-state index in [1.165, 1.54) is 29.8 Å². The molecule has 3 aromatic heterocycles. The number of aryl methyl sites for hydroxylation is 1. The van der Waals surface area contributed by atoms with Crippen LogP contribution in [0.15, 0.2) is 41.7 Å². The Morgan fingerprint density at radius 2 is 2.06 bits per heavy atom. The molecule has 32 heavy (non-hydrogen) atoms. The Morgan fingerprint density at radius 1 is 1.25 bits per heavy atom. The van der Waals surface area contributed by atoms with Crippen LogP contribution in [0, 0.1) is 6.92 Å². The van der Waals surface area contributed by atoms with Crippen LogP contribution in [0.1, 0.15) is 11.7 Å². The van der Waals surface area contributed by atoms with Gasteiger partial charge in [0.25, 0.3) is 0 Å². The van der Waals surface area contributed by atoms with E-state index in [0.29, 0.717) is 27.1 Å². The molecule has 0 radical (unpaired) electrons. The van der Waals surface area contributed by atoms with Gasteiger partial charge in [-0.1, -0.05) is 40.2 Å². The summed E-state index contributed by atoms with van der Waals surface area (Å²) in [6.07, 6.45) is 2.31. The summed E-state index contributed by atoms with van der Waals surface area (Å²) in [6.45, 7) is 1.43. The SMILES string of the molecule is COC1[C@@H](Sc2cncc(Cl)c2)OC(CO)[C@H](O)[C@@H]1n1cc(-c2ccc(Cl)c(C)n2)nn1. The fourth-order valence-corrected chi connectivity index (χ4v) is 5.06. The van der Waals surface area contributed by atoms with Crippen molar-refractivity contribution in [2.75, 3.05) is 13.7 Å². The number of hydrogen-bond acceptors (Lipinski definition) is 9.